The predicted molar refractivity (Wildman–Crippen MR) is 62.1 cm³/mol. The lowest BCUT2D eigenvalue weighted by molar-refractivity contribution is 0.0728. The number of hydrogen-bond acceptors (Lipinski definition) is 2. The molecule has 1 aromatic carbocycles. The molecule has 0 fully saturated rings. The summed E-state index contributed by atoms with van der Waals surface area (Å²) < 4.78 is 5.91. The molecule has 1 aliphatic rings. The number of fused-ring (bicyclic) bond motifs is 1. The van der Waals surface area contributed by atoms with Gasteiger partial charge in [0, 0.05) is 18.0 Å². The van der Waals surface area contributed by atoms with Crippen LogP contribution in [0.2, 0.25) is 0 Å². The van der Waals surface area contributed by atoms with Crippen molar-refractivity contribution in [2.75, 3.05) is 0 Å². The van der Waals surface area contributed by atoms with E-state index >= 15 is 0 Å². The highest BCUT2D eigenvalue weighted by Crippen LogP contribution is 2.38. The number of benzene rings is 1. The monoisotopic (exact) mass is 205 g/mol. The molecule has 0 aliphatic carbocycles. The first kappa shape index (κ1) is 10.5. The Hall–Kier alpha value is -1.02. The number of nitrogens with two attached hydrogens (primary N) is 1. The minimum Gasteiger partial charge on any atom is -0.487 e. The van der Waals surface area contributed by atoms with Gasteiger partial charge >= 0.3 is 0 Å². The second kappa shape index (κ2) is 3.53. The van der Waals surface area contributed by atoms with Gasteiger partial charge in [-0.1, -0.05) is 19.1 Å². The molecule has 0 saturated heterocycles. The Balaban J connectivity index is 2.41. The first-order valence-electron chi connectivity index (χ1n) is 5.59. The van der Waals surface area contributed by atoms with Crippen LogP contribution in [0.25, 0.3) is 0 Å². The minimum absolute atomic E-state index is 0.107. The molecule has 1 aliphatic heterocycles. The highest BCUT2D eigenvalue weighted by atomic mass is 16.5. The van der Waals surface area contributed by atoms with Gasteiger partial charge in [-0.15, -0.1) is 0 Å². The molecule has 1 heterocycles. The van der Waals surface area contributed by atoms with Gasteiger partial charge in [0.05, 0.1) is 0 Å². The zero-order chi connectivity index (χ0) is 11.1. The molecule has 0 unspecified atom stereocenters. The number of rotatable bonds is 1. The van der Waals surface area contributed by atoms with E-state index < -0.39 is 0 Å². The van der Waals surface area contributed by atoms with Gasteiger partial charge < -0.3 is 10.5 Å². The van der Waals surface area contributed by atoms with E-state index in [1.807, 2.05) is 0 Å². The van der Waals surface area contributed by atoms with Crippen LogP contribution in [0, 0.1) is 0 Å². The molecule has 1 aromatic rings. The summed E-state index contributed by atoms with van der Waals surface area (Å²) in [7, 11) is 0. The van der Waals surface area contributed by atoms with Crippen molar-refractivity contribution < 1.29 is 4.74 Å². The zero-order valence-corrected chi connectivity index (χ0v) is 9.71. The highest BCUT2D eigenvalue weighted by Gasteiger charge is 2.31. The van der Waals surface area contributed by atoms with Crippen LogP contribution >= 0.6 is 0 Å². The van der Waals surface area contributed by atoms with Crippen molar-refractivity contribution in [1.82, 2.24) is 0 Å². The molecule has 0 amide bonds. The first-order chi connectivity index (χ1) is 7.02. The number of aryl methyl sites for hydroxylation is 1. The molecule has 0 saturated carbocycles. The molecule has 2 N–H and O–H groups in total. The van der Waals surface area contributed by atoms with Gasteiger partial charge in [-0.2, -0.15) is 0 Å². The largest absolute Gasteiger partial charge is 0.487 e. The third kappa shape index (κ3) is 2.00. The fourth-order valence-electron chi connectivity index (χ4n) is 2.18. The van der Waals surface area contributed by atoms with Gasteiger partial charge in [-0.25, -0.2) is 0 Å². The maximum absolute atomic E-state index is 6.17. The maximum Gasteiger partial charge on any atom is 0.124 e. The number of ether oxygens (including phenoxy) is 1. The Morgan fingerprint density at radius 3 is 2.87 bits per heavy atom. The van der Waals surface area contributed by atoms with Gasteiger partial charge in [0.1, 0.15) is 11.4 Å². The Morgan fingerprint density at radius 2 is 2.20 bits per heavy atom. The zero-order valence-electron chi connectivity index (χ0n) is 9.71. The van der Waals surface area contributed by atoms with Crippen molar-refractivity contribution in [2.24, 2.45) is 5.73 Å². The normalized spacial score (nSPS) is 23.1. The molecular formula is C13H19NO. The Bertz CT molecular complexity index is 371. The van der Waals surface area contributed by atoms with Crippen LogP contribution in [0.4, 0.5) is 0 Å². The van der Waals surface area contributed by atoms with Gasteiger partial charge in [-0.3, -0.25) is 0 Å². The van der Waals surface area contributed by atoms with Crippen LogP contribution in [-0.2, 0) is 6.42 Å². The van der Waals surface area contributed by atoms with E-state index in [1.54, 1.807) is 0 Å². The lowest BCUT2D eigenvalue weighted by atomic mass is 9.89. The second-order valence-corrected chi connectivity index (χ2v) is 4.90. The van der Waals surface area contributed by atoms with Crippen molar-refractivity contribution in [1.29, 1.82) is 0 Å². The molecule has 0 aromatic heterocycles. The summed E-state index contributed by atoms with van der Waals surface area (Å²) in [6.07, 6.45) is 1.93. The average Bonchev–Trinajstić information content (AvgIpc) is 2.15. The summed E-state index contributed by atoms with van der Waals surface area (Å²) in [5.41, 5.74) is 8.51. The molecule has 82 valence electrons. The molecular weight excluding hydrogens is 186 g/mol. The van der Waals surface area contributed by atoms with Gasteiger partial charge in [0.15, 0.2) is 0 Å². The van der Waals surface area contributed by atoms with Gasteiger partial charge in [0.25, 0.3) is 0 Å². The SMILES string of the molecule is CCc1ccc2c(c1)[C@H](N)CC(C)(C)O2. The average molecular weight is 205 g/mol. The molecule has 15 heavy (non-hydrogen) atoms. The Morgan fingerprint density at radius 1 is 1.47 bits per heavy atom. The smallest absolute Gasteiger partial charge is 0.124 e. The molecule has 1 atom stereocenters. The van der Waals surface area contributed by atoms with Crippen LogP contribution in [-0.4, -0.2) is 5.60 Å². The van der Waals surface area contributed by atoms with Crippen LogP contribution in [0.3, 0.4) is 0 Å². The van der Waals surface area contributed by atoms with E-state index in [-0.39, 0.29) is 11.6 Å². The molecule has 2 heteroatoms. The van der Waals surface area contributed by atoms with E-state index in [1.165, 1.54) is 5.56 Å². The van der Waals surface area contributed by atoms with Crippen molar-refractivity contribution in [2.45, 2.75) is 45.3 Å². The van der Waals surface area contributed by atoms with Crippen LogP contribution in [0.5, 0.6) is 5.75 Å². The molecule has 0 spiro atoms. The van der Waals surface area contributed by atoms with Crippen molar-refractivity contribution in [3.8, 4) is 5.75 Å². The number of hydrogen-bond donors (Lipinski definition) is 1. The summed E-state index contributed by atoms with van der Waals surface area (Å²) in [4.78, 5) is 0. The molecule has 0 bridgehead atoms. The van der Waals surface area contributed by atoms with E-state index in [0.717, 1.165) is 24.2 Å². The standard InChI is InChI=1S/C13H19NO/c1-4-9-5-6-12-10(7-9)11(14)8-13(2,3)15-12/h5-7,11H,4,8,14H2,1-3H3/t11-/m1/s1. The summed E-state index contributed by atoms with van der Waals surface area (Å²) >= 11 is 0. The fraction of sp³-hybridized carbons (Fsp3) is 0.538. The third-order valence-electron chi connectivity index (χ3n) is 2.98. The van der Waals surface area contributed by atoms with Crippen molar-refractivity contribution in [3.63, 3.8) is 0 Å². The molecule has 2 rings (SSSR count). The quantitative estimate of drug-likeness (QED) is 0.765. The van der Waals surface area contributed by atoms with E-state index in [2.05, 4.69) is 39.0 Å². The fourth-order valence-corrected chi connectivity index (χ4v) is 2.18. The third-order valence-corrected chi connectivity index (χ3v) is 2.98. The topological polar surface area (TPSA) is 35.2 Å². The van der Waals surface area contributed by atoms with Crippen molar-refractivity contribution in [3.05, 3.63) is 29.3 Å². The van der Waals surface area contributed by atoms with Gasteiger partial charge in [0.2, 0.25) is 0 Å². The molecule has 2 nitrogen and oxygen atoms in total. The lowest BCUT2D eigenvalue weighted by Crippen LogP contribution is -2.37. The lowest BCUT2D eigenvalue weighted by Gasteiger charge is -2.36. The Kier molecular flexibility index (Phi) is 2.47. The summed E-state index contributed by atoms with van der Waals surface area (Å²) in [6, 6.07) is 6.45. The first-order valence-corrected chi connectivity index (χ1v) is 5.59. The summed E-state index contributed by atoms with van der Waals surface area (Å²) in [6.45, 7) is 6.33. The summed E-state index contributed by atoms with van der Waals surface area (Å²) in [5.74, 6) is 0.955. The molecule has 0 radical (unpaired) electrons. The van der Waals surface area contributed by atoms with Crippen LogP contribution < -0.4 is 10.5 Å². The summed E-state index contributed by atoms with van der Waals surface area (Å²) in [5, 5.41) is 0. The van der Waals surface area contributed by atoms with Crippen LogP contribution in [0.1, 0.15) is 44.4 Å². The second-order valence-electron chi connectivity index (χ2n) is 4.90. The minimum atomic E-state index is -0.139. The van der Waals surface area contributed by atoms with E-state index in [9.17, 15) is 0 Å². The highest BCUT2D eigenvalue weighted by molar-refractivity contribution is 5.41. The maximum atomic E-state index is 6.17. The Labute approximate surface area is 91.4 Å². The van der Waals surface area contributed by atoms with Crippen LogP contribution in [0.15, 0.2) is 18.2 Å². The van der Waals surface area contributed by atoms with E-state index in [0.29, 0.717) is 0 Å². The predicted octanol–water partition coefficient (Wildman–Crippen LogP) is 2.81. The van der Waals surface area contributed by atoms with Gasteiger partial charge in [-0.05, 0) is 31.9 Å². The van der Waals surface area contributed by atoms with Crippen molar-refractivity contribution >= 4 is 0 Å². The van der Waals surface area contributed by atoms with E-state index in [4.69, 9.17) is 10.5 Å².